The quantitative estimate of drug-likeness (QED) is 0.738. The van der Waals surface area contributed by atoms with E-state index in [1.807, 2.05) is 0 Å². The smallest absolute Gasteiger partial charge is 0.319 e. The second-order valence-corrected chi connectivity index (χ2v) is 10.5. The Morgan fingerprint density at radius 1 is 1.19 bits per heavy atom. The molecule has 158 valence electrons. The van der Waals surface area contributed by atoms with Crippen molar-refractivity contribution in [2.45, 2.75) is 70.6 Å². The fourth-order valence-corrected chi connectivity index (χ4v) is 5.15. The fourth-order valence-electron chi connectivity index (χ4n) is 4.33. The first-order valence-corrected chi connectivity index (χ1v) is 12.0. The van der Waals surface area contributed by atoms with E-state index < -0.39 is 10.0 Å². The number of hydrogen-bond donors (Lipinski definition) is 1. The van der Waals surface area contributed by atoms with Crippen LogP contribution in [0.5, 0.6) is 0 Å². The largest absolute Gasteiger partial charge is 0.376 e. The first kappa shape index (κ1) is 22.4. The van der Waals surface area contributed by atoms with E-state index in [0.717, 1.165) is 31.6 Å². The van der Waals surface area contributed by atoms with E-state index in [0.29, 0.717) is 19.1 Å². The Hall–Kier alpha value is -0.860. The maximum atomic E-state index is 12.6. The Balaban J connectivity index is 2.02. The van der Waals surface area contributed by atoms with E-state index in [1.165, 1.54) is 19.1 Å². The number of urea groups is 1. The van der Waals surface area contributed by atoms with Gasteiger partial charge in [-0.15, -0.1) is 0 Å². The number of sulfonamides is 1. The third kappa shape index (κ3) is 6.61. The molecule has 0 bridgehead atoms. The van der Waals surface area contributed by atoms with Crippen molar-refractivity contribution in [1.82, 2.24) is 14.5 Å². The number of hydrogen-bond acceptors (Lipinski definition) is 4. The molecule has 1 N–H and O–H groups in total. The number of nitrogens with zero attached hydrogens (tertiary/aromatic N) is 2. The average molecular weight is 404 g/mol. The van der Waals surface area contributed by atoms with Gasteiger partial charge in [-0.25, -0.2) is 17.9 Å². The third-order valence-corrected chi connectivity index (χ3v) is 6.67. The van der Waals surface area contributed by atoms with Gasteiger partial charge in [0.05, 0.1) is 25.0 Å². The van der Waals surface area contributed by atoms with Gasteiger partial charge in [0.25, 0.3) is 0 Å². The Morgan fingerprint density at radius 2 is 1.81 bits per heavy atom. The van der Waals surface area contributed by atoms with Gasteiger partial charge in [-0.3, -0.25) is 0 Å². The number of piperidine rings is 1. The Labute approximate surface area is 164 Å². The molecule has 0 aromatic heterocycles. The topological polar surface area (TPSA) is 79.0 Å². The van der Waals surface area contributed by atoms with Crippen LogP contribution in [0, 0.1) is 11.8 Å². The van der Waals surface area contributed by atoms with E-state index in [1.54, 1.807) is 23.9 Å². The molecule has 1 saturated heterocycles. The zero-order valence-corrected chi connectivity index (χ0v) is 18.3. The standard InChI is InChI=1S/C19H37N3O4S/c1-14(2)15-8-10-16(11-9-15)26-13-18-17(20-27(5,24)25)7-6-12-22(18)19(23)21(3)4/h14-18,20H,6-13H2,1-5H3/t15?,16?,17-,18-/m0/s1. The van der Waals surface area contributed by atoms with Crippen LogP contribution in [0.1, 0.15) is 52.4 Å². The van der Waals surface area contributed by atoms with Crippen molar-refractivity contribution in [2.24, 2.45) is 11.8 Å². The maximum absolute atomic E-state index is 12.6. The number of rotatable bonds is 6. The van der Waals surface area contributed by atoms with Crippen molar-refractivity contribution >= 4 is 16.1 Å². The summed E-state index contributed by atoms with van der Waals surface area (Å²) in [5.41, 5.74) is 0. The highest BCUT2D eigenvalue weighted by Crippen LogP contribution is 2.31. The van der Waals surface area contributed by atoms with E-state index in [2.05, 4.69) is 18.6 Å². The molecule has 1 aliphatic heterocycles. The summed E-state index contributed by atoms with van der Waals surface area (Å²) in [7, 11) is 0.103. The molecule has 2 atom stereocenters. The maximum Gasteiger partial charge on any atom is 0.319 e. The zero-order valence-electron chi connectivity index (χ0n) is 17.5. The van der Waals surface area contributed by atoms with Gasteiger partial charge in [0.15, 0.2) is 0 Å². The van der Waals surface area contributed by atoms with Gasteiger partial charge < -0.3 is 14.5 Å². The lowest BCUT2D eigenvalue weighted by Crippen LogP contribution is -2.60. The summed E-state index contributed by atoms with van der Waals surface area (Å²) in [4.78, 5) is 15.9. The van der Waals surface area contributed by atoms with Gasteiger partial charge in [-0.1, -0.05) is 13.8 Å². The van der Waals surface area contributed by atoms with E-state index in [-0.39, 0.29) is 24.2 Å². The number of nitrogens with one attached hydrogen (secondary N) is 1. The molecule has 1 heterocycles. The summed E-state index contributed by atoms with van der Waals surface area (Å²) < 4.78 is 32.5. The Morgan fingerprint density at radius 3 is 2.33 bits per heavy atom. The predicted molar refractivity (Wildman–Crippen MR) is 107 cm³/mol. The zero-order chi connectivity index (χ0) is 20.2. The summed E-state index contributed by atoms with van der Waals surface area (Å²) >= 11 is 0. The molecule has 2 aliphatic rings. The van der Waals surface area contributed by atoms with Crippen LogP contribution in [0.3, 0.4) is 0 Å². The molecule has 2 rings (SSSR count). The fraction of sp³-hybridized carbons (Fsp3) is 0.947. The highest BCUT2D eigenvalue weighted by molar-refractivity contribution is 7.88. The van der Waals surface area contributed by atoms with Crippen molar-refractivity contribution in [1.29, 1.82) is 0 Å². The summed E-state index contributed by atoms with van der Waals surface area (Å²) in [6.07, 6.45) is 7.32. The monoisotopic (exact) mass is 403 g/mol. The molecule has 0 radical (unpaired) electrons. The van der Waals surface area contributed by atoms with Gasteiger partial charge in [0.2, 0.25) is 10.0 Å². The normalized spacial score (nSPS) is 29.8. The molecule has 0 unspecified atom stereocenters. The SMILES string of the molecule is CC(C)C1CCC(OC[C@H]2[C@@H](NS(C)(=O)=O)CCCN2C(=O)N(C)C)CC1. The van der Waals surface area contributed by atoms with Gasteiger partial charge in [-0.05, 0) is 50.4 Å². The Kier molecular flexibility index (Phi) is 7.94. The summed E-state index contributed by atoms with van der Waals surface area (Å²) in [5, 5.41) is 0. The van der Waals surface area contributed by atoms with Crippen LogP contribution in [-0.2, 0) is 14.8 Å². The number of carbonyl (C=O) groups is 1. The van der Waals surface area contributed by atoms with E-state index >= 15 is 0 Å². The van der Waals surface area contributed by atoms with Gasteiger partial charge in [-0.2, -0.15) is 0 Å². The predicted octanol–water partition coefficient (Wildman–Crippen LogP) is 2.28. The molecule has 7 nitrogen and oxygen atoms in total. The average Bonchev–Trinajstić information content (AvgIpc) is 2.58. The molecule has 27 heavy (non-hydrogen) atoms. The number of ether oxygens (including phenoxy) is 1. The van der Waals surface area contributed by atoms with Crippen molar-refractivity contribution < 1.29 is 17.9 Å². The van der Waals surface area contributed by atoms with Crippen LogP contribution < -0.4 is 4.72 Å². The molecule has 1 saturated carbocycles. The lowest BCUT2D eigenvalue weighted by atomic mass is 9.80. The van der Waals surface area contributed by atoms with Crippen molar-refractivity contribution in [2.75, 3.05) is 33.5 Å². The van der Waals surface area contributed by atoms with Crippen molar-refractivity contribution in [3.63, 3.8) is 0 Å². The summed E-state index contributed by atoms with van der Waals surface area (Å²) in [6.45, 7) is 5.57. The highest BCUT2D eigenvalue weighted by Gasteiger charge is 2.37. The lowest BCUT2D eigenvalue weighted by Gasteiger charge is -2.43. The van der Waals surface area contributed by atoms with Gasteiger partial charge >= 0.3 is 6.03 Å². The van der Waals surface area contributed by atoms with Crippen LogP contribution in [0.2, 0.25) is 0 Å². The molecule has 0 spiro atoms. The minimum atomic E-state index is -3.34. The summed E-state index contributed by atoms with van der Waals surface area (Å²) in [6, 6.07) is -0.664. The summed E-state index contributed by atoms with van der Waals surface area (Å²) in [5.74, 6) is 1.48. The van der Waals surface area contributed by atoms with Crippen LogP contribution in [0.25, 0.3) is 0 Å². The Bertz CT molecular complexity index is 586. The van der Waals surface area contributed by atoms with Gasteiger partial charge in [0.1, 0.15) is 0 Å². The van der Waals surface area contributed by atoms with Crippen molar-refractivity contribution in [3.8, 4) is 0 Å². The minimum absolute atomic E-state index is 0.0906. The molecule has 0 aromatic rings. The van der Waals surface area contributed by atoms with Crippen LogP contribution in [-0.4, -0.2) is 75.9 Å². The highest BCUT2D eigenvalue weighted by atomic mass is 32.2. The third-order valence-electron chi connectivity index (χ3n) is 5.94. The van der Waals surface area contributed by atoms with Crippen LogP contribution >= 0.6 is 0 Å². The number of likely N-dealkylation sites (tertiary alicyclic amines) is 1. The van der Waals surface area contributed by atoms with Gasteiger partial charge in [0, 0.05) is 26.7 Å². The molecule has 2 amide bonds. The molecule has 1 aliphatic carbocycles. The second-order valence-electron chi connectivity index (χ2n) is 8.69. The minimum Gasteiger partial charge on any atom is -0.376 e. The molecule has 0 aromatic carbocycles. The first-order chi connectivity index (χ1) is 12.6. The first-order valence-electron chi connectivity index (χ1n) is 10.1. The number of amides is 2. The van der Waals surface area contributed by atoms with Crippen LogP contribution in [0.15, 0.2) is 0 Å². The van der Waals surface area contributed by atoms with Crippen LogP contribution in [0.4, 0.5) is 4.79 Å². The second kappa shape index (κ2) is 9.56. The lowest BCUT2D eigenvalue weighted by molar-refractivity contribution is -0.0260. The molecular weight excluding hydrogens is 366 g/mol. The molecule has 8 heteroatoms. The van der Waals surface area contributed by atoms with Crippen molar-refractivity contribution in [3.05, 3.63) is 0 Å². The molecule has 2 fully saturated rings. The number of carbonyl (C=O) groups excluding carboxylic acids is 1. The van der Waals surface area contributed by atoms with E-state index in [4.69, 9.17) is 4.74 Å². The molecular formula is C19H37N3O4S. The van der Waals surface area contributed by atoms with E-state index in [9.17, 15) is 13.2 Å².